The maximum Gasteiger partial charge on any atom is 0.248 e. The molecule has 3 N–H and O–H groups in total. The molecule has 162 valence electrons. The number of anilines is 1. The summed E-state index contributed by atoms with van der Waals surface area (Å²) in [5, 5.41) is 15.2. The Labute approximate surface area is 192 Å². The number of amides is 3. The van der Waals surface area contributed by atoms with Crippen LogP contribution < -0.4 is 10.6 Å². The first kappa shape index (κ1) is 21.9. The van der Waals surface area contributed by atoms with E-state index in [4.69, 9.17) is 11.6 Å². The van der Waals surface area contributed by atoms with Crippen LogP contribution in [0.3, 0.4) is 0 Å². The number of hydrogen-bond donors (Lipinski definition) is 3. The molecule has 0 radical (unpaired) electrons. The average Bonchev–Trinajstić information content (AvgIpc) is 3.31. The van der Waals surface area contributed by atoms with Crippen molar-refractivity contribution in [2.45, 2.75) is 33.7 Å². The highest BCUT2D eigenvalue weighted by Crippen LogP contribution is 2.67. The van der Waals surface area contributed by atoms with Crippen molar-refractivity contribution in [3.63, 3.8) is 0 Å². The maximum atomic E-state index is 13.5. The number of carbonyl (C=O) groups excluding carboxylic acids is 3. The summed E-state index contributed by atoms with van der Waals surface area (Å²) in [6, 6.07) is 6.20. The number of benzene rings is 1. The van der Waals surface area contributed by atoms with Crippen LogP contribution in [0.15, 0.2) is 24.3 Å². The zero-order valence-electron chi connectivity index (χ0n) is 16.3. The predicted octanol–water partition coefficient (Wildman–Crippen LogP) is 1.87. The molecule has 3 amide bonds. The lowest BCUT2D eigenvalue weighted by Crippen LogP contribution is -2.53. The number of nitrogens with zero attached hydrogens (tertiary/aromatic N) is 1. The molecular weight excluding hydrogens is 494 g/mol. The third-order valence-corrected chi connectivity index (χ3v) is 9.82. The molecule has 3 saturated heterocycles. The van der Waals surface area contributed by atoms with Gasteiger partial charge in [-0.25, -0.2) is 0 Å². The van der Waals surface area contributed by atoms with Crippen LogP contribution in [0.5, 0.6) is 0 Å². The van der Waals surface area contributed by atoms with E-state index < -0.39 is 22.6 Å². The summed E-state index contributed by atoms with van der Waals surface area (Å²) in [6.07, 6.45) is 0.976. The number of hydrogen-bond acceptors (Lipinski definition) is 5. The second-order valence-corrected chi connectivity index (χ2v) is 11.0. The Morgan fingerprint density at radius 2 is 2.10 bits per heavy atom. The smallest absolute Gasteiger partial charge is 0.248 e. The van der Waals surface area contributed by atoms with Gasteiger partial charge in [0.2, 0.25) is 17.7 Å². The summed E-state index contributed by atoms with van der Waals surface area (Å²) in [5.74, 6) is -1.75. The number of likely N-dealkylation sites (tertiary alicyclic amines) is 1. The lowest BCUT2D eigenvalue weighted by molar-refractivity contribution is -0.139. The molecule has 6 atom stereocenters. The topological polar surface area (TPSA) is 98.7 Å². The van der Waals surface area contributed by atoms with E-state index in [0.717, 1.165) is 0 Å². The summed E-state index contributed by atoms with van der Waals surface area (Å²) >= 11 is 11.5. The standard InChI is InChI=1S/C20H23BrClN3O4S/c1-23-17(27)13-14-19(29)25(7-4-8-26)16(20(14)9-10(21)15(13)30-20)18(28)24-12-6-3-2-5-11(12)22/h2-3,5-6,10,13-16,26H,4,7-9H2,1H3,(H,23,27)(H,24,28)/t10?,13-,14+,15-,16?,20?/m1/s1. The Kier molecular flexibility index (Phi) is 6.09. The van der Waals surface area contributed by atoms with Gasteiger partial charge in [0.05, 0.1) is 27.3 Å². The summed E-state index contributed by atoms with van der Waals surface area (Å²) < 4.78 is -0.701. The number of nitrogens with one attached hydrogen (secondary N) is 2. The molecule has 1 aromatic rings. The molecule has 2 bridgehead atoms. The number of carbonyl (C=O) groups is 3. The van der Waals surface area contributed by atoms with E-state index in [2.05, 4.69) is 26.6 Å². The fourth-order valence-corrected chi connectivity index (χ4v) is 8.94. The minimum absolute atomic E-state index is 0.0299. The van der Waals surface area contributed by atoms with Crippen LogP contribution in [0.1, 0.15) is 12.8 Å². The molecule has 3 aliphatic rings. The maximum absolute atomic E-state index is 13.5. The summed E-state index contributed by atoms with van der Waals surface area (Å²) in [5.41, 5.74) is 0.481. The zero-order valence-corrected chi connectivity index (χ0v) is 19.5. The number of halogens is 2. The molecule has 0 aromatic heterocycles. The third-order valence-electron chi connectivity index (χ3n) is 6.28. The molecule has 4 rings (SSSR count). The lowest BCUT2D eigenvalue weighted by atomic mass is 9.70. The van der Waals surface area contributed by atoms with E-state index in [1.807, 2.05) is 0 Å². The average molecular weight is 517 g/mol. The number of aliphatic hydroxyl groups is 1. The second kappa shape index (κ2) is 8.33. The molecule has 30 heavy (non-hydrogen) atoms. The first-order valence-corrected chi connectivity index (χ1v) is 12.0. The Balaban J connectivity index is 1.73. The summed E-state index contributed by atoms with van der Waals surface area (Å²) in [7, 11) is 1.57. The van der Waals surface area contributed by atoms with Crippen LogP contribution in [0.4, 0.5) is 5.69 Å². The Morgan fingerprint density at radius 3 is 2.77 bits per heavy atom. The number of aliphatic hydroxyl groups excluding tert-OH is 1. The van der Waals surface area contributed by atoms with Crippen LogP contribution in [-0.2, 0) is 14.4 Å². The fraction of sp³-hybridized carbons (Fsp3) is 0.550. The fourth-order valence-electron chi connectivity index (χ4n) is 5.14. The van der Waals surface area contributed by atoms with Crippen LogP contribution in [0, 0.1) is 11.8 Å². The molecule has 10 heteroatoms. The molecule has 3 fully saturated rings. The second-order valence-electron chi connectivity index (χ2n) is 7.86. The molecular formula is C20H23BrClN3O4S. The number of rotatable bonds is 6. The SMILES string of the molecule is CNC(=O)[C@H]1[C@@H]2SC3(CC2Br)C(C(=O)Nc2ccccc2Cl)N(CCCO)C(=O)[C@H]13. The molecule has 3 heterocycles. The summed E-state index contributed by atoms with van der Waals surface area (Å²) in [4.78, 5) is 41.3. The molecule has 0 aliphatic carbocycles. The van der Waals surface area contributed by atoms with Crippen molar-refractivity contribution in [3.05, 3.63) is 29.3 Å². The van der Waals surface area contributed by atoms with Gasteiger partial charge in [-0.15, -0.1) is 11.8 Å². The van der Waals surface area contributed by atoms with Crippen molar-refractivity contribution in [3.8, 4) is 0 Å². The number of alkyl halides is 1. The molecule has 3 unspecified atom stereocenters. The van der Waals surface area contributed by atoms with E-state index in [0.29, 0.717) is 23.6 Å². The van der Waals surface area contributed by atoms with Gasteiger partial charge in [-0.05, 0) is 25.0 Å². The van der Waals surface area contributed by atoms with Gasteiger partial charge in [0.15, 0.2) is 0 Å². The quantitative estimate of drug-likeness (QED) is 0.502. The van der Waals surface area contributed by atoms with Crippen LogP contribution in [-0.4, -0.2) is 68.8 Å². The zero-order chi connectivity index (χ0) is 21.6. The highest BCUT2D eigenvalue weighted by molar-refractivity contribution is 9.09. The van der Waals surface area contributed by atoms with Crippen molar-refractivity contribution in [1.82, 2.24) is 10.2 Å². The van der Waals surface area contributed by atoms with E-state index in [1.54, 1.807) is 48.0 Å². The van der Waals surface area contributed by atoms with Crippen LogP contribution in [0.25, 0.3) is 0 Å². The number of thioether (sulfide) groups is 1. The first-order chi connectivity index (χ1) is 14.4. The van der Waals surface area contributed by atoms with Gasteiger partial charge in [0, 0.05) is 30.3 Å². The Bertz CT molecular complexity index is 889. The number of para-hydroxylation sites is 1. The van der Waals surface area contributed by atoms with Gasteiger partial charge < -0.3 is 20.6 Å². The predicted molar refractivity (Wildman–Crippen MR) is 120 cm³/mol. The van der Waals surface area contributed by atoms with Crippen LogP contribution >= 0.6 is 39.3 Å². The molecule has 7 nitrogen and oxygen atoms in total. The highest BCUT2D eigenvalue weighted by Gasteiger charge is 2.75. The minimum Gasteiger partial charge on any atom is -0.396 e. The van der Waals surface area contributed by atoms with Gasteiger partial charge in [-0.3, -0.25) is 14.4 Å². The van der Waals surface area contributed by atoms with E-state index in [9.17, 15) is 19.5 Å². The lowest BCUT2D eigenvalue weighted by Gasteiger charge is -2.35. The van der Waals surface area contributed by atoms with E-state index in [-0.39, 0.29) is 41.0 Å². The Hall–Kier alpha value is -1.29. The van der Waals surface area contributed by atoms with Crippen molar-refractivity contribution < 1.29 is 19.5 Å². The van der Waals surface area contributed by atoms with Gasteiger partial charge >= 0.3 is 0 Å². The van der Waals surface area contributed by atoms with Gasteiger partial charge in [0.1, 0.15) is 6.04 Å². The molecule has 3 aliphatic heterocycles. The van der Waals surface area contributed by atoms with Crippen LogP contribution in [0.2, 0.25) is 5.02 Å². The largest absolute Gasteiger partial charge is 0.396 e. The van der Waals surface area contributed by atoms with E-state index >= 15 is 0 Å². The molecule has 0 saturated carbocycles. The first-order valence-electron chi connectivity index (χ1n) is 9.86. The van der Waals surface area contributed by atoms with Crippen molar-refractivity contribution >= 4 is 62.7 Å². The van der Waals surface area contributed by atoms with Crippen molar-refractivity contribution in [2.24, 2.45) is 11.8 Å². The van der Waals surface area contributed by atoms with Crippen molar-refractivity contribution in [1.29, 1.82) is 0 Å². The Morgan fingerprint density at radius 1 is 1.37 bits per heavy atom. The third kappa shape index (κ3) is 3.25. The monoisotopic (exact) mass is 515 g/mol. The normalized spacial score (nSPS) is 34.2. The number of fused-ring (bicyclic) bond motifs is 1. The van der Waals surface area contributed by atoms with Crippen molar-refractivity contribution in [2.75, 3.05) is 25.5 Å². The van der Waals surface area contributed by atoms with Gasteiger partial charge in [-0.2, -0.15) is 0 Å². The van der Waals surface area contributed by atoms with Gasteiger partial charge in [0.25, 0.3) is 0 Å². The summed E-state index contributed by atoms with van der Waals surface area (Å²) in [6.45, 7) is 0.169. The van der Waals surface area contributed by atoms with Gasteiger partial charge in [-0.1, -0.05) is 39.7 Å². The minimum atomic E-state index is -0.748. The highest BCUT2D eigenvalue weighted by atomic mass is 79.9. The molecule has 1 spiro atoms. The molecule has 1 aromatic carbocycles. The van der Waals surface area contributed by atoms with E-state index in [1.165, 1.54) is 0 Å².